The predicted octanol–water partition coefficient (Wildman–Crippen LogP) is -3.19. The van der Waals surface area contributed by atoms with Gasteiger partial charge in [0.25, 0.3) is 0 Å². The zero-order chi connectivity index (χ0) is 10.5. The van der Waals surface area contributed by atoms with Crippen LogP contribution in [0.25, 0.3) is 5.73 Å². The van der Waals surface area contributed by atoms with Gasteiger partial charge in [0.05, 0.1) is 0 Å². The number of hydrogen-bond donors (Lipinski definition) is 0. The van der Waals surface area contributed by atoms with Crippen LogP contribution in [0.5, 0.6) is 0 Å². The molecular weight excluding hydrogens is 297 g/mol. The molecule has 0 aromatic rings. The summed E-state index contributed by atoms with van der Waals surface area (Å²) in [6, 6.07) is 0. The first kappa shape index (κ1) is 30.0. The minimum absolute atomic E-state index is 0. The molecule has 1 aliphatic carbocycles. The standard InChI is InChI=1S/C5H5.C3H7NO.C2H7Si.2ClH.Ti/c1-2-4-5-3-1;1-2-3(4)5;1-3-2;;;/h1-3H,4H2;2H2,1H3,(H2,4,5);3H,1-2H3;2*1H;/q-1;;;;;+4/p-3. The van der Waals surface area contributed by atoms with Crippen LogP contribution >= 0.6 is 0 Å². The summed E-state index contributed by atoms with van der Waals surface area (Å²) in [6.07, 6.45) is 10.3. The number of rotatable bonds is 1. The molecule has 0 aliphatic heterocycles. The summed E-state index contributed by atoms with van der Waals surface area (Å²) in [5, 5.41) is 0. The van der Waals surface area contributed by atoms with Crippen LogP contribution in [0.15, 0.2) is 18.2 Å². The van der Waals surface area contributed by atoms with Gasteiger partial charge in [0.15, 0.2) is 0 Å². The monoisotopic (exact) mass is 314 g/mol. The number of carbonyl (C=O) groups excluding carboxylic acids is 1. The van der Waals surface area contributed by atoms with Crippen molar-refractivity contribution < 1.29 is 51.3 Å². The molecule has 0 unspecified atom stereocenters. The van der Waals surface area contributed by atoms with E-state index >= 15 is 0 Å². The number of hydrogen-bond acceptors (Lipinski definition) is 1. The number of allylic oxidation sites excluding steroid dienone is 4. The van der Waals surface area contributed by atoms with Crippen LogP contribution in [0.3, 0.4) is 0 Å². The first-order valence-electron chi connectivity index (χ1n) is 4.39. The van der Waals surface area contributed by atoms with Gasteiger partial charge in [0, 0.05) is 15.4 Å². The molecule has 0 atom stereocenters. The van der Waals surface area contributed by atoms with Crippen LogP contribution < -0.4 is 24.8 Å². The fourth-order valence-corrected chi connectivity index (χ4v) is 0.340. The van der Waals surface area contributed by atoms with E-state index in [1.807, 2.05) is 12.2 Å². The van der Waals surface area contributed by atoms with E-state index in [4.69, 9.17) is 5.73 Å². The quantitative estimate of drug-likeness (QED) is 0.371. The Kier molecular flexibility index (Phi) is 55.3. The van der Waals surface area contributed by atoms with Crippen LogP contribution in [0, 0.1) is 6.08 Å². The number of nitrogens with one attached hydrogen (secondary N) is 1. The Morgan fingerprint density at radius 2 is 1.81 bits per heavy atom. The van der Waals surface area contributed by atoms with E-state index < -0.39 is 5.91 Å². The average Bonchev–Trinajstić information content (AvgIpc) is 2.62. The third-order valence-corrected chi connectivity index (χ3v) is 0.907. The van der Waals surface area contributed by atoms with E-state index in [0.717, 1.165) is 15.9 Å². The molecule has 0 spiro atoms. The number of halogens is 2. The minimum atomic E-state index is -0.495. The summed E-state index contributed by atoms with van der Waals surface area (Å²) in [5.74, 6) is -0.495. The Hall–Kier alpha value is 0.461. The fourth-order valence-electron chi connectivity index (χ4n) is 0.340. The molecule has 1 rings (SSSR count). The van der Waals surface area contributed by atoms with Gasteiger partial charge in [0.2, 0.25) is 0 Å². The van der Waals surface area contributed by atoms with Crippen molar-refractivity contribution in [1.82, 2.24) is 0 Å². The predicted molar refractivity (Wildman–Crippen MR) is 60.1 cm³/mol. The Morgan fingerprint density at radius 3 is 1.88 bits per heavy atom. The Labute approximate surface area is 129 Å². The van der Waals surface area contributed by atoms with Gasteiger partial charge in [-0.05, 0) is 6.42 Å². The smallest absolute Gasteiger partial charge is 1.00 e. The average molecular weight is 315 g/mol. The van der Waals surface area contributed by atoms with Gasteiger partial charge in [0.1, 0.15) is 0 Å². The molecule has 0 aromatic heterocycles. The minimum Gasteiger partial charge on any atom is -1.00 e. The maximum atomic E-state index is 9.48. The summed E-state index contributed by atoms with van der Waals surface area (Å²) in [4.78, 5) is 9.48. The second-order valence-electron chi connectivity index (χ2n) is 2.36. The SMILES string of the molecule is CCC([NH-])=O.C[SiH]C.[C-]1=CC=CC1.[Cl-].[Cl-].[Ti+4]. The second-order valence-corrected chi connectivity index (χ2v) is 3.51. The number of amides is 1. The molecule has 0 bridgehead atoms. The first-order valence-corrected chi connectivity index (χ1v) is 6.70. The fraction of sp³-hybridized carbons (Fsp3) is 0.500. The summed E-state index contributed by atoms with van der Waals surface area (Å²) in [6.45, 7) is 6.08. The van der Waals surface area contributed by atoms with Crippen molar-refractivity contribution >= 4 is 15.4 Å². The van der Waals surface area contributed by atoms with Crippen LogP contribution in [0.1, 0.15) is 19.8 Å². The molecule has 1 amide bonds. The van der Waals surface area contributed by atoms with Gasteiger partial charge in [-0.25, -0.2) is 12.2 Å². The molecule has 0 aromatic carbocycles. The number of carbonyl (C=O) groups is 1. The van der Waals surface area contributed by atoms with Crippen LogP contribution in [0.2, 0.25) is 13.1 Å². The van der Waals surface area contributed by atoms with E-state index in [9.17, 15) is 4.79 Å². The molecule has 91 valence electrons. The van der Waals surface area contributed by atoms with Crippen molar-refractivity contribution in [2.75, 3.05) is 0 Å². The molecule has 16 heavy (non-hydrogen) atoms. The van der Waals surface area contributed by atoms with E-state index in [1.165, 1.54) is 0 Å². The Bertz CT molecular complexity index is 168. The van der Waals surface area contributed by atoms with Gasteiger partial charge in [-0.15, -0.1) is 6.42 Å². The van der Waals surface area contributed by atoms with E-state index in [0.29, 0.717) is 6.42 Å². The summed E-state index contributed by atoms with van der Waals surface area (Å²) >= 11 is 0. The second kappa shape index (κ2) is 29.5. The largest absolute Gasteiger partial charge is 4.00 e. The maximum absolute atomic E-state index is 9.48. The molecule has 6 heteroatoms. The van der Waals surface area contributed by atoms with Crippen LogP contribution in [0.4, 0.5) is 0 Å². The Balaban J connectivity index is -0.0000000356. The molecular formula is C10H18Cl2NOSiTi. The van der Waals surface area contributed by atoms with E-state index in [-0.39, 0.29) is 46.5 Å². The molecule has 1 aliphatic rings. The van der Waals surface area contributed by atoms with Gasteiger partial charge >= 0.3 is 21.7 Å². The third kappa shape index (κ3) is 47.1. The zero-order valence-electron chi connectivity index (χ0n) is 9.89. The van der Waals surface area contributed by atoms with Gasteiger partial charge in [-0.2, -0.15) is 6.08 Å². The molecule has 1 radical (unpaired) electrons. The summed E-state index contributed by atoms with van der Waals surface area (Å²) in [5.41, 5.74) is 6.19. The van der Waals surface area contributed by atoms with Crippen molar-refractivity contribution in [3.63, 3.8) is 0 Å². The molecule has 0 saturated heterocycles. The third-order valence-electron chi connectivity index (χ3n) is 0.907. The first-order chi connectivity index (χ1) is 6.18. The van der Waals surface area contributed by atoms with E-state index in [2.05, 4.69) is 25.2 Å². The van der Waals surface area contributed by atoms with Crippen molar-refractivity contribution in [2.45, 2.75) is 32.9 Å². The van der Waals surface area contributed by atoms with Crippen LogP contribution in [-0.4, -0.2) is 15.4 Å². The van der Waals surface area contributed by atoms with Gasteiger partial charge in [-0.3, -0.25) is 6.08 Å². The van der Waals surface area contributed by atoms with Crippen molar-refractivity contribution in [3.05, 3.63) is 30.0 Å². The van der Waals surface area contributed by atoms with Gasteiger partial charge < -0.3 is 35.3 Å². The van der Waals surface area contributed by atoms with Crippen molar-refractivity contribution in [3.8, 4) is 0 Å². The molecule has 0 saturated carbocycles. The normalized spacial score (nSPS) is 8.94. The topological polar surface area (TPSA) is 40.9 Å². The van der Waals surface area contributed by atoms with Crippen molar-refractivity contribution in [2.24, 2.45) is 0 Å². The zero-order valence-corrected chi connectivity index (χ0v) is 14.1. The Morgan fingerprint density at radius 1 is 1.44 bits per heavy atom. The molecule has 0 fully saturated rings. The molecule has 2 nitrogen and oxygen atoms in total. The van der Waals surface area contributed by atoms with E-state index in [1.54, 1.807) is 6.92 Å². The maximum Gasteiger partial charge on any atom is 4.00 e. The van der Waals surface area contributed by atoms with Crippen LogP contribution in [-0.2, 0) is 26.5 Å². The summed E-state index contributed by atoms with van der Waals surface area (Å²) in [7, 11) is 0.750. The van der Waals surface area contributed by atoms with Crippen molar-refractivity contribution in [1.29, 1.82) is 0 Å². The molecule has 1 N–H and O–H groups in total. The molecule has 0 heterocycles. The summed E-state index contributed by atoms with van der Waals surface area (Å²) < 4.78 is 0. The van der Waals surface area contributed by atoms with Gasteiger partial charge in [-0.1, -0.05) is 20.0 Å².